The van der Waals surface area contributed by atoms with Gasteiger partial charge in [-0.1, -0.05) is 6.08 Å². The van der Waals surface area contributed by atoms with Crippen molar-refractivity contribution in [3.8, 4) is 0 Å². The predicted octanol–water partition coefficient (Wildman–Crippen LogP) is 0.981. The number of ether oxygens (including phenoxy) is 1. The van der Waals surface area contributed by atoms with Gasteiger partial charge in [0, 0.05) is 0 Å². The Labute approximate surface area is 51.1 Å². The Balaban J connectivity index is 3.57. The van der Waals surface area contributed by atoms with Crippen LogP contribution in [0.15, 0.2) is 12.7 Å². The van der Waals surface area contributed by atoms with E-state index in [9.17, 15) is 13.6 Å². The Morgan fingerprint density at radius 2 is 2.22 bits per heavy atom. The molecule has 0 bridgehead atoms. The first-order valence-corrected chi connectivity index (χ1v) is 2.21. The van der Waals surface area contributed by atoms with Crippen molar-refractivity contribution in [3.05, 3.63) is 12.7 Å². The minimum Gasteiger partial charge on any atom is -0.310 e. The fraction of sp³-hybridized carbons (Fsp3) is 0.400. The Morgan fingerprint density at radius 3 is 2.56 bits per heavy atom. The smallest absolute Gasteiger partial charge is 0.310 e. The van der Waals surface area contributed by atoms with Gasteiger partial charge in [-0.25, -0.2) is 0 Å². The minimum atomic E-state index is -3.66. The van der Waals surface area contributed by atoms with Gasteiger partial charge in [-0.05, 0) is 0 Å². The molecule has 52 valence electrons. The number of halogens is 2. The maximum absolute atomic E-state index is 11.7. The summed E-state index contributed by atoms with van der Waals surface area (Å²) in [6.45, 7) is 2.80. The van der Waals surface area contributed by atoms with Crippen LogP contribution in [0.4, 0.5) is 8.78 Å². The fourth-order valence-electron chi connectivity index (χ4n) is 0.204. The Bertz CT molecular complexity index is 112. The quantitative estimate of drug-likeness (QED) is 0.425. The molecule has 0 radical (unpaired) electrons. The van der Waals surface area contributed by atoms with E-state index in [-0.39, 0.29) is 6.61 Å². The molecule has 0 aromatic rings. The topological polar surface area (TPSA) is 26.3 Å². The summed E-state index contributed by atoms with van der Waals surface area (Å²) >= 11 is 0. The van der Waals surface area contributed by atoms with E-state index in [0.717, 1.165) is 6.08 Å². The van der Waals surface area contributed by atoms with Crippen LogP contribution in [0.1, 0.15) is 0 Å². The van der Waals surface area contributed by atoms with Gasteiger partial charge in [-0.2, -0.15) is 8.78 Å². The Hall–Kier alpha value is -0.770. The van der Waals surface area contributed by atoms with E-state index in [4.69, 9.17) is 0 Å². The van der Waals surface area contributed by atoms with Crippen LogP contribution in [-0.2, 0) is 9.53 Å². The van der Waals surface area contributed by atoms with Gasteiger partial charge >= 0.3 is 6.11 Å². The molecule has 0 amide bonds. The standard InChI is InChI=1S/C5H6F2O2/c1-2-3-9-5(6,7)4-8/h2,4H,1,3H2. The lowest BCUT2D eigenvalue weighted by molar-refractivity contribution is -0.212. The zero-order chi connectivity index (χ0) is 7.33. The molecule has 0 heterocycles. The average molecular weight is 136 g/mol. The monoisotopic (exact) mass is 136 g/mol. The number of hydrogen-bond donors (Lipinski definition) is 0. The van der Waals surface area contributed by atoms with E-state index in [2.05, 4.69) is 11.3 Å². The van der Waals surface area contributed by atoms with Crippen LogP contribution in [0, 0.1) is 0 Å². The van der Waals surface area contributed by atoms with Crippen LogP contribution >= 0.6 is 0 Å². The molecule has 0 aromatic heterocycles. The Kier molecular flexibility index (Phi) is 3.01. The van der Waals surface area contributed by atoms with E-state index < -0.39 is 12.4 Å². The first-order valence-electron chi connectivity index (χ1n) is 2.21. The zero-order valence-electron chi connectivity index (χ0n) is 4.64. The van der Waals surface area contributed by atoms with Gasteiger partial charge in [0.15, 0.2) is 0 Å². The molecule has 0 saturated carbocycles. The third kappa shape index (κ3) is 3.78. The van der Waals surface area contributed by atoms with Gasteiger partial charge in [-0.3, -0.25) is 4.79 Å². The number of aldehydes is 1. The lowest BCUT2D eigenvalue weighted by atomic mass is 10.6. The van der Waals surface area contributed by atoms with Gasteiger partial charge < -0.3 is 4.74 Å². The van der Waals surface area contributed by atoms with Crippen LogP contribution in [-0.4, -0.2) is 19.0 Å². The molecule has 0 rings (SSSR count). The number of alkyl halides is 2. The first-order chi connectivity index (χ1) is 4.12. The molecular formula is C5H6F2O2. The molecule has 2 nitrogen and oxygen atoms in total. The molecule has 0 aliphatic carbocycles. The Morgan fingerprint density at radius 1 is 1.67 bits per heavy atom. The second-order valence-electron chi connectivity index (χ2n) is 1.28. The van der Waals surface area contributed by atoms with E-state index in [1.807, 2.05) is 0 Å². The number of hydrogen-bond acceptors (Lipinski definition) is 2. The van der Waals surface area contributed by atoms with Crippen molar-refractivity contribution in [2.45, 2.75) is 6.11 Å². The van der Waals surface area contributed by atoms with Crippen LogP contribution in [0.3, 0.4) is 0 Å². The highest BCUT2D eigenvalue weighted by molar-refractivity contribution is 5.57. The summed E-state index contributed by atoms with van der Waals surface area (Å²) in [5.41, 5.74) is 0. The van der Waals surface area contributed by atoms with Crippen molar-refractivity contribution >= 4 is 6.29 Å². The van der Waals surface area contributed by atoms with Crippen molar-refractivity contribution < 1.29 is 18.3 Å². The number of carbonyl (C=O) groups is 1. The molecule has 0 fully saturated rings. The molecule has 0 aromatic carbocycles. The second-order valence-corrected chi connectivity index (χ2v) is 1.28. The summed E-state index contributed by atoms with van der Waals surface area (Å²) in [5.74, 6) is 0. The molecule has 0 aliphatic rings. The maximum Gasteiger partial charge on any atom is 0.413 e. The number of rotatable bonds is 4. The van der Waals surface area contributed by atoms with Gasteiger partial charge in [0.25, 0.3) is 0 Å². The molecule has 0 N–H and O–H groups in total. The summed E-state index contributed by atoms with van der Waals surface area (Å²) in [5, 5.41) is 0. The lowest BCUT2D eigenvalue weighted by Crippen LogP contribution is -2.22. The predicted molar refractivity (Wildman–Crippen MR) is 27.2 cm³/mol. The van der Waals surface area contributed by atoms with Crippen molar-refractivity contribution in [1.29, 1.82) is 0 Å². The van der Waals surface area contributed by atoms with E-state index in [1.165, 1.54) is 0 Å². The summed E-state index contributed by atoms with van der Waals surface area (Å²) in [6, 6.07) is 0. The van der Waals surface area contributed by atoms with Gasteiger partial charge in [0.1, 0.15) is 0 Å². The normalized spacial score (nSPS) is 10.9. The SMILES string of the molecule is C=CCOC(F)(F)C=O. The summed E-state index contributed by atoms with van der Waals surface area (Å²) in [7, 11) is 0. The van der Waals surface area contributed by atoms with Crippen LogP contribution < -0.4 is 0 Å². The largest absolute Gasteiger partial charge is 0.413 e. The first kappa shape index (κ1) is 8.23. The fourth-order valence-corrected chi connectivity index (χ4v) is 0.204. The molecule has 9 heavy (non-hydrogen) atoms. The lowest BCUT2D eigenvalue weighted by Gasteiger charge is -2.05. The van der Waals surface area contributed by atoms with Crippen molar-refractivity contribution in [2.75, 3.05) is 6.61 Å². The minimum absolute atomic E-state index is 0.328. The highest BCUT2D eigenvalue weighted by Crippen LogP contribution is 2.10. The van der Waals surface area contributed by atoms with Gasteiger partial charge in [0.2, 0.25) is 6.29 Å². The third-order valence-corrected chi connectivity index (χ3v) is 0.531. The summed E-state index contributed by atoms with van der Waals surface area (Å²) in [6.07, 6.45) is -3.08. The molecule has 0 atom stereocenters. The van der Waals surface area contributed by atoms with Crippen LogP contribution in [0.5, 0.6) is 0 Å². The van der Waals surface area contributed by atoms with Crippen LogP contribution in [0.2, 0.25) is 0 Å². The van der Waals surface area contributed by atoms with Gasteiger partial charge in [0.05, 0.1) is 6.61 Å². The van der Waals surface area contributed by atoms with Crippen molar-refractivity contribution in [2.24, 2.45) is 0 Å². The number of carbonyl (C=O) groups excluding carboxylic acids is 1. The molecule has 0 unspecified atom stereocenters. The summed E-state index contributed by atoms with van der Waals surface area (Å²) in [4.78, 5) is 9.42. The second kappa shape index (κ2) is 3.29. The zero-order valence-corrected chi connectivity index (χ0v) is 4.64. The van der Waals surface area contributed by atoms with Gasteiger partial charge in [-0.15, -0.1) is 6.58 Å². The molecule has 4 heteroatoms. The summed E-state index contributed by atoms with van der Waals surface area (Å²) < 4.78 is 27.1. The maximum atomic E-state index is 11.7. The van der Waals surface area contributed by atoms with E-state index >= 15 is 0 Å². The third-order valence-electron chi connectivity index (χ3n) is 0.531. The highest BCUT2D eigenvalue weighted by Gasteiger charge is 2.27. The van der Waals surface area contributed by atoms with Crippen LogP contribution in [0.25, 0.3) is 0 Å². The molecular weight excluding hydrogens is 130 g/mol. The van der Waals surface area contributed by atoms with E-state index in [1.54, 1.807) is 0 Å². The van der Waals surface area contributed by atoms with Crippen molar-refractivity contribution in [1.82, 2.24) is 0 Å². The van der Waals surface area contributed by atoms with Crippen molar-refractivity contribution in [3.63, 3.8) is 0 Å². The molecule has 0 spiro atoms. The molecule has 0 saturated heterocycles. The molecule has 0 aliphatic heterocycles. The highest BCUT2D eigenvalue weighted by atomic mass is 19.3. The average Bonchev–Trinajstić information content (AvgIpc) is 1.84. The van der Waals surface area contributed by atoms with E-state index in [0.29, 0.717) is 0 Å².